The van der Waals surface area contributed by atoms with Gasteiger partial charge in [0, 0.05) is 13.0 Å². The van der Waals surface area contributed by atoms with Gasteiger partial charge in [0.25, 0.3) is 0 Å². The van der Waals surface area contributed by atoms with E-state index in [9.17, 15) is 9.59 Å². The van der Waals surface area contributed by atoms with Crippen LogP contribution >= 0.6 is 0 Å². The van der Waals surface area contributed by atoms with E-state index in [1.165, 1.54) is 0 Å². The molecule has 14 heavy (non-hydrogen) atoms. The zero-order chi connectivity index (χ0) is 11.2. The van der Waals surface area contributed by atoms with E-state index in [0.29, 0.717) is 6.54 Å². The molecule has 0 rings (SSSR count). The molecule has 0 fully saturated rings. The van der Waals surface area contributed by atoms with Gasteiger partial charge in [-0.15, -0.1) is 0 Å². The number of aliphatic carboxylic acids is 1. The molecule has 0 spiro atoms. The summed E-state index contributed by atoms with van der Waals surface area (Å²) in [5.74, 6) is -1.12. The molecule has 2 N–H and O–H groups in total. The highest BCUT2D eigenvalue weighted by Gasteiger charge is 2.16. The fourth-order valence-electron chi connectivity index (χ4n) is 0.772. The van der Waals surface area contributed by atoms with Gasteiger partial charge in [-0.1, -0.05) is 20.8 Å². The first-order valence-corrected chi connectivity index (χ1v) is 4.86. The highest BCUT2D eigenvalue weighted by molar-refractivity contribution is 5.80. The van der Waals surface area contributed by atoms with E-state index in [1.807, 2.05) is 0 Å². The summed E-state index contributed by atoms with van der Waals surface area (Å²) in [7, 11) is 0. The van der Waals surface area contributed by atoms with Crippen molar-refractivity contribution in [3.05, 3.63) is 0 Å². The predicted octanol–water partition coefficient (Wildman–Crippen LogP) is 1.40. The summed E-state index contributed by atoms with van der Waals surface area (Å²) in [6.07, 6.45) is 0.944. The molecule has 0 aromatic rings. The van der Waals surface area contributed by atoms with E-state index in [1.54, 1.807) is 0 Å². The van der Waals surface area contributed by atoms with E-state index in [-0.39, 0.29) is 24.2 Å². The average Bonchev–Trinajstić information content (AvgIpc) is 2.11. The Morgan fingerprint density at radius 2 is 1.86 bits per heavy atom. The van der Waals surface area contributed by atoms with Gasteiger partial charge in [-0.05, 0) is 11.8 Å². The molecule has 0 radical (unpaired) electrons. The number of amides is 1. The van der Waals surface area contributed by atoms with Crippen LogP contribution < -0.4 is 5.32 Å². The van der Waals surface area contributed by atoms with Crippen LogP contribution in [-0.4, -0.2) is 23.5 Å². The molecule has 0 saturated heterocycles. The molecule has 4 heteroatoms. The summed E-state index contributed by atoms with van der Waals surface area (Å²) in [6.45, 7) is 6.78. The molecule has 0 saturated carbocycles. The Hall–Kier alpha value is -1.06. The average molecular weight is 201 g/mol. The molecule has 0 aromatic heterocycles. The predicted molar refractivity (Wildman–Crippen MR) is 54.0 cm³/mol. The monoisotopic (exact) mass is 201 g/mol. The van der Waals surface area contributed by atoms with Crippen molar-refractivity contribution >= 4 is 11.9 Å². The maximum Gasteiger partial charge on any atom is 0.303 e. The maximum atomic E-state index is 11.1. The summed E-state index contributed by atoms with van der Waals surface area (Å²) < 4.78 is 0. The summed E-state index contributed by atoms with van der Waals surface area (Å²) in [5.41, 5.74) is 0.0822. The first kappa shape index (κ1) is 12.9. The first-order valence-electron chi connectivity index (χ1n) is 4.86. The summed E-state index contributed by atoms with van der Waals surface area (Å²) in [5, 5.41) is 11.1. The van der Waals surface area contributed by atoms with Gasteiger partial charge in [-0.3, -0.25) is 9.59 Å². The smallest absolute Gasteiger partial charge is 0.303 e. The fourth-order valence-corrected chi connectivity index (χ4v) is 0.772. The lowest BCUT2D eigenvalue weighted by Crippen LogP contribution is -2.33. The fraction of sp³-hybridized carbons (Fsp3) is 0.800. The number of carbonyl (C=O) groups is 2. The Kier molecular flexibility index (Phi) is 5.20. The van der Waals surface area contributed by atoms with Gasteiger partial charge >= 0.3 is 5.97 Å². The van der Waals surface area contributed by atoms with Gasteiger partial charge in [0.15, 0.2) is 0 Å². The number of nitrogens with one attached hydrogen (secondary N) is 1. The minimum atomic E-state index is -0.935. The number of carbonyl (C=O) groups excluding carboxylic acids is 1. The summed E-state index contributed by atoms with van der Waals surface area (Å²) >= 11 is 0. The molecule has 0 aliphatic carbocycles. The number of rotatable bonds is 6. The molecule has 0 aromatic carbocycles. The second-order valence-corrected chi connectivity index (χ2v) is 4.19. The second-order valence-electron chi connectivity index (χ2n) is 4.19. The van der Waals surface area contributed by atoms with Crippen molar-refractivity contribution in [3.8, 4) is 0 Å². The number of hydrogen-bond donors (Lipinski definition) is 2. The van der Waals surface area contributed by atoms with Crippen LogP contribution in [0.15, 0.2) is 0 Å². The van der Waals surface area contributed by atoms with Crippen LogP contribution in [0.5, 0.6) is 0 Å². The van der Waals surface area contributed by atoms with Crippen molar-refractivity contribution in [2.24, 2.45) is 5.41 Å². The van der Waals surface area contributed by atoms with Crippen molar-refractivity contribution in [1.82, 2.24) is 5.32 Å². The second kappa shape index (κ2) is 5.62. The molecule has 0 bridgehead atoms. The molecule has 4 nitrogen and oxygen atoms in total. The highest BCUT2D eigenvalue weighted by atomic mass is 16.4. The largest absolute Gasteiger partial charge is 0.481 e. The van der Waals surface area contributed by atoms with Gasteiger partial charge in [0.05, 0.1) is 6.42 Å². The molecular weight excluding hydrogens is 182 g/mol. The first-order chi connectivity index (χ1) is 6.37. The Labute approximate surface area is 84.7 Å². The summed E-state index contributed by atoms with van der Waals surface area (Å²) in [6, 6.07) is 0. The van der Waals surface area contributed by atoms with E-state index in [2.05, 4.69) is 26.1 Å². The number of carboxylic acids is 1. The van der Waals surface area contributed by atoms with Crippen molar-refractivity contribution < 1.29 is 14.7 Å². The van der Waals surface area contributed by atoms with Crippen LogP contribution in [0.1, 0.15) is 40.0 Å². The van der Waals surface area contributed by atoms with Crippen LogP contribution in [0.3, 0.4) is 0 Å². The Morgan fingerprint density at radius 3 is 2.29 bits per heavy atom. The van der Waals surface area contributed by atoms with Gasteiger partial charge in [0.2, 0.25) is 5.91 Å². The molecule has 0 unspecified atom stereocenters. The van der Waals surface area contributed by atoms with E-state index < -0.39 is 5.97 Å². The zero-order valence-corrected chi connectivity index (χ0v) is 9.09. The van der Waals surface area contributed by atoms with Crippen LogP contribution in [-0.2, 0) is 9.59 Å². The lowest BCUT2D eigenvalue weighted by atomic mass is 9.90. The molecule has 0 aliphatic heterocycles. The van der Waals surface area contributed by atoms with Crippen molar-refractivity contribution in [2.75, 3.05) is 6.54 Å². The van der Waals surface area contributed by atoms with E-state index in [4.69, 9.17) is 5.11 Å². The minimum absolute atomic E-state index is 0.0646. The Balaban J connectivity index is 3.69. The molecule has 0 heterocycles. The van der Waals surface area contributed by atoms with Gasteiger partial charge in [0.1, 0.15) is 0 Å². The third kappa shape index (κ3) is 6.46. The quantitative estimate of drug-likeness (QED) is 0.682. The van der Waals surface area contributed by atoms with Gasteiger partial charge in [-0.2, -0.15) is 0 Å². The Bertz CT molecular complexity index is 211. The number of hydrogen-bond acceptors (Lipinski definition) is 2. The minimum Gasteiger partial charge on any atom is -0.481 e. The van der Waals surface area contributed by atoms with Crippen molar-refractivity contribution in [2.45, 2.75) is 40.0 Å². The topological polar surface area (TPSA) is 66.4 Å². The van der Waals surface area contributed by atoms with Crippen LogP contribution in [0, 0.1) is 5.41 Å². The normalized spacial score (nSPS) is 11.1. The third-order valence-corrected chi connectivity index (χ3v) is 2.29. The van der Waals surface area contributed by atoms with Gasteiger partial charge in [-0.25, -0.2) is 0 Å². The highest BCUT2D eigenvalue weighted by Crippen LogP contribution is 2.17. The lowest BCUT2D eigenvalue weighted by molar-refractivity contribution is -0.138. The summed E-state index contributed by atoms with van der Waals surface area (Å²) in [4.78, 5) is 21.3. The lowest BCUT2D eigenvalue weighted by Gasteiger charge is -2.22. The standard InChI is InChI=1S/C10H19NO3/c1-4-10(2,3)7-11-8(12)5-6-9(13)14/h4-7H2,1-3H3,(H,11,12)(H,13,14). The molecule has 1 amide bonds. The van der Waals surface area contributed by atoms with E-state index >= 15 is 0 Å². The van der Waals surface area contributed by atoms with Crippen molar-refractivity contribution in [3.63, 3.8) is 0 Å². The molecular formula is C10H19NO3. The van der Waals surface area contributed by atoms with Crippen LogP contribution in [0.4, 0.5) is 0 Å². The Morgan fingerprint density at radius 1 is 1.29 bits per heavy atom. The molecule has 0 aliphatic rings. The zero-order valence-electron chi connectivity index (χ0n) is 9.09. The molecule has 0 atom stereocenters. The SMILES string of the molecule is CCC(C)(C)CNC(=O)CCC(=O)O. The van der Waals surface area contributed by atoms with Crippen LogP contribution in [0.25, 0.3) is 0 Å². The maximum absolute atomic E-state index is 11.1. The van der Waals surface area contributed by atoms with Crippen molar-refractivity contribution in [1.29, 1.82) is 0 Å². The van der Waals surface area contributed by atoms with Gasteiger partial charge < -0.3 is 10.4 Å². The molecule has 82 valence electrons. The van der Waals surface area contributed by atoms with E-state index in [0.717, 1.165) is 6.42 Å². The third-order valence-electron chi connectivity index (χ3n) is 2.29. The van der Waals surface area contributed by atoms with Crippen LogP contribution in [0.2, 0.25) is 0 Å². The number of carboxylic acid groups (broad SMARTS) is 1.